The van der Waals surface area contributed by atoms with Gasteiger partial charge in [0.1, 0.15) is 5.75 Å². The van der Waals surface area contributed by atoms with Gasteiger partial charge in [-0.15, -0.1) is 0 Å². The molecule has 1 aromatic heterocycles. The summed E-state index contributed by atoms with van der Waals surface area (Å²) in [6, 6.07) is 8.95. The Bertz CT molecular complexity index is 552. The van der Waals surface area contributed by atoms with Gasteiger partial charge in [0.25, 0.3) is 0 Å². The van der Waals surface area contributed by atoms with E-state index in [2.05, 4.69) is 9.97 Å². The topological polar surface area (TPSA) is 72.0 Å². The van der Waals surface area contributed by atoms with Crippen LogP contribution < -0.4 is 5.73 Å². The zero-order chi connectivity index (χ0) is 13.1. The third-order valence-corrected chi connectivity index (χ3v) is 2.54. The number of hydrogen-bond acceptors (Lipinski definition) is 4. The van der Waals surface area contributed by atoms with Crippen molar-refractivity contribution in [3.63, 3.8) is 0 Å². The number of rotatable bonds is 3. The molecule has 0 radical (unpaired) electrons. The second kappa shape index (κ2) is 5.14. The zero-order valence-corrected chi connectivity index (χ0v) is 10.6. The molecule has 0 spiro atoms. The van der Waals surface area contributed by atoms with E-state index >= 15 is 0 Å². The minimum atomic E-state index is 0.0660. The molecular weight excluding hydrogens is 226 g/mol. The molecule has 2 rings (SSSR count). The third kappa shape index (κ3) is 3.05. The van der Waals surface area contributed by atoms with Crippen molar-refractivity contribution in [2.75, 3.05) is 0 Å². The second-order valence-electron chi connectivity index (χ2n) is 4.56. The van der Waals surface area contributed by atoms with E-state index in [0.717, 1.165) is 23.4 Å². The lowest BCUT2D eigenvalue weighted by Gasteiger charge is -2.08. The molecule has 3 N–H and O–H groups in total. The summed E-state index contributed by atoms with van der Waals surface area (Å²) in [5, 5.41) is 9.48. The highest BCUT2D eigenvalue weighted by atomic mass is 16.3. The van der Waals surface area contributed by atoms with Gasteiger partial charge in [0.15, 0.2) is 5.82 Å². The van der Waals surface area contributed by atoms with Crippen molar-refractivity contribution in [2.24, 2.45) is 5.73 Å². The molecule has 0 bridgehead atoms. The van der Waals surface area contributed by atoms with Crippen molar-refractivity contribution in [1.29, 1.82) is 0 Å². The van der Waals surface area contributed by atoms with E-state index in [1.165, 1.54) is 0 Å². The SMILES string of the molecule is Cc1cc(CC(C)N)nc(-c2cccc(O)c2)n1. The van der Waals surface area contributed by atoms with Crippen LogP contribution in [0, 0.1) is 6.92 Å². The number of nitrogens with zero attached hydrogens (tertiary/aromatic N) is 2. The first-order valence-electron chi connectivity index (χ1n) is 5.94. The number of aromatic hydroxyl groups is 1. The third-order valence-electron chi connectivity index (χ3n) is 2.54. The van der Waals surface area contributed by atoms with Crippen molar-refractivity contribution < 1.29 is 5.11 Å². The molecule has 0 aliphatic heterocycles. The van der Waals surface area contributed by atoms with Crippen LogP contribution in [0.4, 0.5) is 0 Å². The van der Waals surface area contributed by atoms with Crippen molar-refractivity contribution in [3.8, 4) is 17.1 Å². The van der Waals surface area contributed by atoms with Gasteiger partial charge in [-0.25, -0.2) is 9.97 Å². The van der Waals surface area contributed by atoms with E-state index in [4.69, 9.17) is 5.73 Å². The van der Waals surface area contributed by atoms with Crippen molar-refractivity contribution in [3.05, 3.63) is 41.7 Å². The monoisotopic (exact) mass is 243 g/mol. The van der Waals surface area contributed by atoms with Gasteiger partial charge in [-0.2, -0.15) is 0 Å². The fraction of sp³-hybridized carbons (Fsp3) is 0.286. The van der Waals surface area contributed by atoms with Crippen LogP contribution in [0.15, 0.2) is 30.3 Å². The maximum absolute atomic E-state index is 9.48. The molecule has 94 valence electrons. The lowest BCUT2D eigenvalue weighted by molar-refractivity contribution is 0.475. The largest absolute Gasteiger partial charge is 0.508 e. The molecule has 4 nitrogen and oxygen atoms in total. The summed E-state index contributed by atoms with van der Waals surface area (Å²) < 4.78 is 0. The van der Waals surface area contributed by atoms with Gasteiger partial charge in [-0.05, 0) is 32.0 Å². The van der Waals surface area contributed by atoms with Crippen LogP contribution in [0.1, 0.15) is 18.3 Å². The lowest BCUT2D eigenvalue weighted by Crippen LogP contribution is -2.19. The number of aromatic nitrogens is 2. The number of phenolic OH excluding ortho intramolecular Hbond substituents is 1. The summed E-state index contributed by atoms with van der Waals surface area (Å²) in [7, 11) is 0. The number of hydrogen-bond donors (Lipinski definition) is 2. The summed E-state index contributed by atoms with van der Waals surface area (Å²) in [4.78, 5) is 8.87. The summed E-state index contributed by atoms with van der Waals surface area (Å²) in [6.07, 6.45) is 0.717. The molecule has 2 aromatic rings. The maximum Gasteiger partial charge on any atom is 0.159 e. The highest BCUT2D eigenvalue weighted by Gasteiger charge is 2.07. The first-order valence-corrected chi connectivity index (χ1v) is 5.94. The minimum absolute atomic E-state index is 0.0660. The fourth-order valence-corrected chi connectivity index (χ4v) is 1.84. The van der Waals surface area contributed by atoms with E-state index in [0.29, 0.717) is 5.82 Å². The predicted octanol–water partition coefficient (Wildman–Crippen LogP) is 2.05. The molecular formula is C14H17N3O. The first kappa shape index (κ1) is 12.5. The molecule has 18 heavy (non-hydrogen) atoms. The van der Waals surface area contributed by atoms with Gasteiger partial charge in [0.2, 0.25) is 0 Å². The number of nitrogens with two attached hydrogens (primary N) is 1. The predicted molar refractivity (Wildman–Crippen MR) is 71.2 cm³/mol. The standard InChI is InChI=1S/C14H17N3O/c1-9(15)6-12-7-10(2)16-14(17-12)11-4-3-5-13(18)8-11/h3-5,7-9,18H,6,15H2,1-2H3. The Balaban J connectivity index is 2.41. The molecule has 0 fully saturated rings. The Kier molecular flexibility index (Phi) is 3.58. The molecule has 1 unspecified atom stereocenters. The Morgan fingerprint density at radius 2 is 2.06 bits per heavy atom. The summed E-state index contributed by atoms with van der Waals surface area (Å²) in [5.74, 6) is 0.841. The molecule has 1 heterocycles. The van der Waals surface area contributed by atoms with Crippen LogP contribution in [0.25, 0.3) is 11.4 Å². The highest BCUT2D eigenvalue weighted by Crippen LogP contribution is 2.20. The van der Waals surface area contributed by atoms with Gasteiger partial charge in [-0.3, -0.25) is 0 Å². The first-order chi connectivity index (χ1) is 8.54. The molecule has 0 saturated heterocycles. The Morgan fingerprint density at radius 3 is 2.72 bits per heavy atom. The normalized spacial score (nSPS) is 12.4. The van der Waals surface area contributed by atoms with Crippen LogP contribution in [-0.4, -0.2) is 21.1 Å². The van der Waals surface area contributed by atoms with Crippen molar-refractivity contribution >= 4 is 0 Å². The minimum Gasteiger partial charge on any atom is -0.508 e. The molecule has 0 saturated carbocycles. The van der Waals surface area contributed by atoms with E-state index < -0.39 is 0 Å². The molecule has 0 aliphatic rings. The zero-order valence-electron chi connectivity index (χ0n) is 10.6. The Hall–Kier alpha value is -1.94. The fourth-order valence-electron chi connectivity index (χ4n) is 1.84. The maximum atomic E-state index is 9.48. The van der Waals surface area contributed by atoms with Crippen LogP contribution in [0.3, 0.4) is 0 Å². The van der Waals surface area contributed by atoms with E-state index in [1.807, 2.05) is 26.0 Å². The van der Waals surface area contributed by atoms with E-state index in [9.17, 15) is 5.11 Å². The highest BCUT2D eigenvalue weighted by molar-refractivity contribution is 5.57. The number of benzene rings is 1. The van der Waals surface area contributed by atoms with Crippen LogP contribution in [0.5, 0.6) is 5.75 Å². The van der Waals surface area contributed by atoms with Gasteiger partial charge in [-0.1, -0.05) is 12.1 Å². The average Bonchev–Trinajstić information content (AvgIpc) is 2.27. The van der Waals surface area contributed by atoms with Crippen molar-refractivity contribution in [1.82, 2.24) is 9.97 Å². The van der Waals surface area contributed by atoms with E-state index in [-0.39, 0.29) is 11.8 Å². The molecule has 0 amide bonds. The quantitative estimate of drug-likeness (QED) is 0.865. The number of aryl methyl sites for hydroxylation is 1. The van der Waals surface area contributed by atoms with Gasteiger partial charge >= 0.3 is 0 Å². The van der Waals surface area contributed by atoms with Gasteiger partial charge in [0.05, 0.1) is 0 Å². The van der Waals surface area contributed by atoms with Crippen LogP contribution >= 0.6 is 0 Å². The molecule has 1 atom stereocenters. The molecule has 1 aromatic carbocycles. The van der Waals surface area contributed by atoms with Crippen LogP contribution in [0.2, 0.25) is 0 Å². The average molecular weight is 243 g/mol. The van der Waals surface area contributed by atoms with Gasteiger partial charge < -0.3 is 10.8 Å². The summed E-state index contributed by atoms with van der Waals surface area (Å²) in [5.41, 5.74) is 8.43. The Labute approximate surface area is 107 Å². The van der Waals surface area contributed by atoms with Crippen LogP contribution in [-0.2, 0) is 6.42 Å². The molecule has 0 aliphatic carbocycles. The Morgan fingerprint density at radius 1 is 1.28 bits per heavy atom. The molecule has 4 heteroatoms. The number of phenols is 1. The lowest BCUT2D eigenvalue weighted by atomic mass is 10.1. The second-order valence-corrected chi connectivity index (χ2v) is 4.56. The van der Waals surface area contributed by atoms with Crippen molar-refractivity contribution in [2.45, 2.75) is 26.3 Å². The summed E-state index contributed by atoms with van der Waals surface area (Å²) in [6.45, 7) is 3.88. The van der Waals surface area contributed by atoms with Gasteiger partial charge in [0, 0.05) is 29.4 Å². The summed E-state index contributed by atoms with van der Waals surface area (Å²) >= 11 is 0. The van der Waals surface area contributed by atoms with E-state index in [1.54, 1.807) is 18.2 Å². The smallest absolute Gasteiger partial charge is 0.159 e.